The smallest absolute Gasteiger partial charge is 0.412 e. The van der Waals surface area contributed by atoms with Crippen molar-refractivity contribution in [3.63, 3.8) is 0 Å². The maximum Gasteiger partial charge on any atom is 0.412 e. The Labute approximate surface area is 163 Å². The molecule has 2 rings (SSSR count). The minimum Gasteiger partial charge on any atom is -0.449 e. The zero-order valence-corrected chi connectivity index (χ0v) is 16.0. The van der Waals surface area contributed by atoms with Crippen molar-refractivity contribution in [1.82, 2.24) is 9.55 Å². The summed E-state index contributed by atoms with van der Waals surface area (Å²) in [6.07, 6.45) is 2.13. The van der Waals surface area contributed by atoms with Crippen LogP contribution in [0.2, 0.25) is 0 Å². The van der Waals surface area contributed by atoms with Crippen molar-refractivity contribution in [2.45, 2.75) is 70.0 Å². The largest absolute Gasteiger partial charge is 0.449 e. The molecule has 10 nitrogen and oxygen atoms in total. The van der Waals surface area contributed by atoms with Crippen LogP contribution in [0.1, 0.15) is 51.7 Å². The monoisotopic (exact) mass is 399 g/mol. The number of aliphatic hydroxyl groups is 3. The Morgan fingerprint density at radius 1 is 1.25 bits per heavy atom. The predicted octanol–water partition coefficient (Wildman–Crippen LogP) is 0.764. The van der Waals surface area contributed by atoms with Crippen LogP contribution in [0, 0.1) is 0 Å². The lowest BCUT2D eigenvalue weighted by atomic mass is 10.1. The molecule has 0 spiro atoms. The van der Waals surface area contributed by atoms with Crippen LogP contribution in [-0.4, -0.2) is 62.5 Å². The van der Waals surface area contributed by atoms with Gasteiger partial charge in [0, 0.05) is 6.20 Å². The van der Waals surface area contributed by atoms with Gasteiger partial charge in [0.15, 0.2) is 6.23 Å². The topological polar surface area (TPSA) is 143 Å². The first-order chi connectivity index (χ1) is 13.5. The fourth-order valence-electron chi connectivity index (χ4n) is 2.97. The van der Waals surface area contributed by atoms with Gasteiger partial charge in [0.05, 0.1) is 13.2 Å². The third-order valence-corrected chi connectivity index (χ3v) is 4.58. The van der Waals surface area contributed by atoms with Crippen molar-refractivity contribution >= 4 is 11.9 Å². The summed E-state index contributed by atoms with van der Waals surface area (Å²) in [5.41, 5.74) is -0.788. The van der Waals surface area contributed by atoms with E-state index in [1.807, 2.05) is 0 Å². The van der Waals surface area contributed by atoms with Gasteiger partial charge in [-0.2, -0.15) is 4.98 Å². The number of hydrogen-bond acceptors (Lipinski definition) is 8. The number of rotatable bonds is 10. The molecule has 0 radical (unpaired) electrons. The fraction of sp³-hybridized carbons (Fsp3) is 0.722. The van der Waals surface area contributed by atoms with E-state index in [1.54, 1.807) is 0 Å². The van der Waals surface area contributed by atoms with Gasteiger partial charge in [0.1, 0.15) is 24.1 Å². The van der Waals surface area contributed by atoms with Crippen LogP contribution < -0.4 is 11.0 Å². The third kappa shape index (κ3) is 5.99. The molecule has 0 bridgehead atoms. The first-order valence-corrected chi connectivity index (χ1v) is 9.63. The zero-order chi connectivity index (χ0) is 20.5. The molecule has 2 heterocycles. The van der Waals surface area contributed by atoms with Gasteiger partial charge in [-0.1, -0.05) is 39.0 Å². The van der Waals surface area contributed by atoms with Crippen LogP contribution in [0.15, 0.2) is 17.1 Å². The normalized spacial score (nSPS) is 24.3. The summed E-state index contributed by atoms with van der Waals surface area (Å²) in [4.78, 5) is 27.6. The van der Waals surface area contributed by atoms with Crippen LogP contribution in [0.3, 0.4) is 0 Å². The number of aliphatic hydroxyl groups excluding tert-OH is 3. The second-order valence-electron chi connectivity index (χ2n) is 6.76. The second kappa shape index (κ2) is 11.1. The van der Waals surface area contributed by atoms with Gasteiger partial charge in [-0.25, -0.2) is 9.59 Å². The van der Waals surface area contributed by atoms with Gasteiger partial charge >= 0.3 is 11.8 Å². The van der Waals surface area contributed by atoms with E-state index < -0.39 is 42.9 Å². The molecule has 1 aliphatic heterocycles. The molecule has 0 aliphatic carbocycles. The molecule has 1 aromatic rings. The van der Waals surface area contributed by atoms with Crippen molar-refractivity contribution in [3.05, 3.63) is 22.7 Å². The molecule has 0 aromatic carbocycles. The first-order valence-electron chi connectivity index (χ1n) is 9.63. The highest BCUT2D eigenvalue weighted by Gasteiger charge is 2.43. The third-order valence-electron chi connectivity index (χ3n) is 4.58. The summed E-state index contributed by atoms with van der Waals surface area (Å²) < 4.78 is 11.3. The average Bonchev–Trinajstić information content (AvgIpc) is 2.95. The Morgan fingerprint density at radius 2 is 1.96 bits per heavy atom. The number of ether oxygens (including phenoxy) is 2. The standard InChI is InChI=1S/C18H29N3O7/c1-2-3-4-5-6-7-10-27-18(26)20-13-8-9-21(17(25)19-13)16-15(24)14(23)12(11-22)28-16/h8-9,12,14-16,22-24H,2-7,10-11H2,1H3,(H,19,20,25,26)/t12-,14-,15+,16-/m1/s1. The average molecular weight is 399 g/mol. The molecular formula is C18H29N3O7. The molecule has 4 atom stereocenters. The number of nitrogens with one attached hydrogen (secondary N) is 1. The molecule has 28 heavy (non-hydrogen) atoms. The number of unbranched alkanes of at least 4 members (excludes halogenated alkanes) is 5. The number of nitrogens with zero attached hydrogens (tertiary/aromatic N) is 2. The van der Waals surface area contributed by atoms with Gasteiger partial charge in [-0.3, -0.25) is 9.88 Å². The summed E-state index contributed by atoms with van der Waals surface area (Å²) in [6.45, 7) is 1.94. The number of aromatic nitrogens is 2. The minimum absolute atomic E-state index is 0.000870. The molecular weight excluding hydrogens is 370 g/mol. The minimum atomic E-state index is -1.39. The van der Waals surface area contributed by atoms with Crippen molar-refractivity contribution in [3.8, 4) is 0 Å². The molecule has 0 saturated carbocycles. The molecule has 1 fully saturated rings. The second-order valence-corrected chi connectivity index (χ2v) is 6.76. The molecule has 1 saturated heterocycles. The zero-order valence-electron chi connectivity index (χ0n) is 16.0. The highest BCUT2D eigenvalue weighted by Crippen LogP contribution is 2.28. The van der Waals surface area contributed by atoms with E-state index in [2.05, 4.69) is 17.2 Å². The van der Waals surface area contributed by atoms with Crippen LogP contribution in [-0.2, 0) is 9.47 Å². The fourth-order valence-corrected chi connectivity index (χ4v) is 2.97. The van der Waals surface area contributed by atoms with Gasteiger partial charge < -0.3 is 24.8 Å². The highest BCUT2D eigenvalue weighted by atomic mass is 16.6. The Balaban J connectivity index is 1.82. The van der Waals surface area contributed by atoms with Crippen molar-refractivity contribution in [1.29, 1.82) is 0 Å². The van der Waals surface area contributed by atoms with Crippen molar-refractivity contribution < 1.29 is 29.6 Å². The Kier molecular flexibility index (Phi) is 8.84. The number of carbonyl (C=O) groups excluding carboxylic acids is 1. The van der Waals surface area contributed by atoms with E-state index in [1.165, 1.54) is 31.5 Å². The number of amides is 1. The Hall–Kier alpha value is -2.01. The molecule has 1 aliphatic rings. The number of anilines is 1. The lowest BCUT2D eigenvalue weighted by Crippen LogP contribution is -2.36. The Morgan fingerprint density at radius 3 is 2.61 bits per heavy atom. The first kappa shape index (κ1) is 22.3. The van der Waals surface area contributed by atoms with E-state index in [4.69, 9.17) is 14.6 Å². The summed E-state index contributed by atoms with van der Waals surface area (Å²) >= 11 is 0. The lowest BCUT2D eigenvalue weighted by molar-refractivity contribution is -0.0549. The van der Waals surface area contributed by atoms with Crippen molar-refractivity contribution in [2.75, 3.05) is 18.5 Å². The number of carbonyl (C=O) groups is 1. The highest BCUT2D eigenvalue weighted by molar-refractivity contribution is 5.83. The van der Waals surface area contributed by atoms with E-state index in [0.717, 1.165) is 23.8 Å². The van der Waals surface area contributed by atoms with E-state index in [0.29, 0.717) is 0 Å². The summed E-state index contributed by atoms with van der Waals surface area (Å²) in [5.74, 6) is 0.000870. The molecule has 0 unspecified atom stereocenters. The number of hydrogen-bond donors (Lipinski definition) is 4. The molecule has 158 valence electrons. The van der Waals surface area contributed by atoms with Gasteiger partial charge in [-0.15, -0.1) is 0 Å². The van der Waals surface area contributed by atoms with Crippen molar-refractivity contribution in [2.24, 2.45) is 0 Å². The summed E-state index contributed by atoms with van der Waals surface area (Å²) in [7, 11) is 0. The lowest BCUT2D eigenvalue weighted by Gasteiger charge is -2.17. The molecule has 4 N–H and O–H groups in total. The Bertz CT molecular complexity index is 681. The molecule has 1 aromatic heterocycles. The molecule has 10 heteroatoms. The van der Waals surface area contributed by atoms with Gasteiger partial charge in [0.2, 0.25) is 0 Å². The maximum absolute atomic E-state index is 12.2. The van der Waals surface area contributed by atoms with Gasteiger partial charge in [-0.05, 0) is 12.5 Å². The predicted molar refractivity (Wildman–Crippen MR) is 99.9 cm³/mol. The van der Waals surface area contributed by atoms with Crippen LogP contribution in [0.5, 0.6) is 0 Å². The quantitative estimate of drug-likeness (QED) is 0.422. The van der Waals surface area contributed by atoms with Crippen LogP contribution in [0.25, 0.3) is 0 Å². The maximum atomic E-state index is 12.2. The van der Waals surface area contributed by atoms with Crippen LogP contribution in [0.4, 0.5) is 10.6 Å². The van der Waals surface area contributed by atoms with Crippen LogP contribution >= 0.6 is 0 Å². The van der Waals surface area contributed by atoms with Gasteiger partial charge in [0.25, 0.3) is 0 Å². The van der Waals surface area contributed by atoms with E-state index in [-0.39, 0.29) is 12.4 Å². The summed E-state index contributed by atoms with van der Waals surface area (Å²) in [5, 5.41) is 31.2. The SMILES string of the molecule is CCCCCCCCOC(=O)Nc1ccn([C@@H]2O[C@H](CO)[C@@H](O)[C@@H]2O)c(=O)n1. The van der Waals surface area contributed by atoms with E-state index >= 15 is 0 Å². The summed E-state index contributed by atoms with van der Waals surface area (Å²) in [6, 6.07) is 1.35. The van der Waals surface area contributed by atoms with E-state index in [9.17, 15) is 19.8 Å². The molecule has 1 amide bonds.